The fraction of sp³-hybridized carbons (Fsp3) is 0.220. The predicted molar refractivity (Wildman–Crippen MR) is 198 cm³/mol. The van der Waals surface area contributed by atoms with Crippen molar-refractivity contribution in [2.24, 2.45) is 5.10 Å². The molecule has 0 atom stereocenters. The van der Waals surface area contributed by atoms with Crippen molar-refractivity contribution in [3.8, 4) is 17.2 Å². The van der Waals surface area contributed by atoms with Crippen LogP contribution < -0.4 is 19.3 Å². The van der Waals surface area contributed by atoms with Crippen LogP contribution in [0.5, 0.6) is 17.2 Å². The molecule has 0 fully saturated rings. The lowest BCUT2D eigenvalue weighted by molar-refractivity contribution is -0.128. The van der Waals surface area contributed by atoms with E-state index >= 15 is 0 Å². The molecule has 3 heterocycles. The van der Waals surface area contributed by atoms with E-state index in [1.807, 2.05) is 42.5 Å². The lowest BCUT2D eigenvalue weighted by Crippen LogP contribution is -2.44. The average molecular weight is 666 g/mol. The molecule has 0 radical (unpaired) electrons. The first-order valence-electron chi connectivity index (χ1n) is 17.1. The molecule has 5 aromatic rings. The summed E-state index contributed by atoms with van der Waals surface area (Å²) in [5.41, 5.74) is 4.94. The molecule has 50 heavy (non-hydrogen) atoms. The number of fused-ring (bicyclic) bond motifs is 7. The van der Waals surface area contributed by atoms with Crippen molar-refractivity contribution < 1.29 is 19.1 Å². The fourth-order valence-electron chi connectivity index (χ4n) is 7.20. The fourth-order valence-corrected chi connectivity index (χ4v) is 7.20. The molecule has 0 saturated heterocycles. The van der Waals surface area contributed by atoms with Crippen LogP contribution in [0.25, 0.3) is 10.9 Å². The molecule has 4 aromatic carbocycles. The highest BCUT2D eigenvalue weighted by Gasteiger charge is 2.57. The van der Waals surface area contributed by atoms with Crippen molar-refractivity contribution in [1.29, 1.82) is 0 Å². The number of ether oxygens (including phenoxy) is 2. The van der Waals surface area contributed by atoms with E-state index in [4.69, 9.17) is 19.6 Å². The van der Waals surface area contributed by atoms with E-state index in [2.05, 4.69) is 80.5 Å². The van der Waals surface area contributed by atoms with Crippen molar-refractivity contribution in [3.05, 3.63) is 132 Å². The number of esters is 1. The molecular weight excluding hydrogens is 626 g/mol. The normalized spacial score (nSPS) is 13.9. The average Bonchev–Trinajstić information content (AvgIpc) is 3.39. The largest absolute Gasteiger partial charge is 0.456 e. The number of hydrazone groups is 1. The minimum Gasteiger partial charge on any atom is -0.456 e. The SMILES string of the molecule is C=CC(=O)Oc1cccc2ccc(/C=N/N3C(=O)c4ccccc4C34c3ccc(N(CC)CC)cc3Oc3cc(N(CC)CC)ccc34)nc12. The van der Waals surface area contributed by atoms with Gasteiger partial charge in [-0.25, -0.2) is 14.8 Å². The van der Waals surface area contributed by atoms with Gasteiger partial charge in [-0.2, -0.15) is 5.10 Å². The van der Waals surface area contributed by atoms with Gasteiger partial charge in [-0.3, -0.25) is 4.79 Å². The molecule has 2 aliphatic heterocycles. The first-order valence-corrected chi connectivity index (χ1v) is 17.1. The van der Waals surface area contributed by atoms with Gasteiger partial charge in [0, 0.05) is 83.4 Å². The van der Waals surface area contributed by atoms with Crippen molar-refractivity contribution in [3.63, 3.8) is 0 Å². The lowest BCUT2D eigenvalue weighted by Gasteiger charge is -2.42. The summed E-state index contributed by atoms with van der Waals surface area (Å²) in [5.74, 6) is 0.828. The van der Waals surface area contributed by atoms with Crippen molar-refractivity contribution in [2.75, 3.05) is 36.0 Å². The number of amides is 1. The summed E-state index contributed by atoms with van der Waals surface area (Å²) in [7, 11) is 0. The van der Waals surface area contributed by atoms with Crippen LogP contribution in [0.1, 0.15) is 60.4 Å². The quantitative estimate of drug-likeness (QED) is 0.0649. The number of pyridine rings is 1. The van der Waals surface area contributed by atoms with E-state index in [1.54, 1.807) is 23.4 Å². The molecule has 0 saturated carbocycles. The van der Waals surface area contributed by atoms with E-state index in [1.165, 1.54) is 0 Å². The highest BCUT2D eigenvalue weighted by atomic mass is 16.5. The summed E-state index contributed by atoms with van der Waals surface area (Å²) < 4.78 is 12.3. The van der Waals surface area contributed by atoms with Gasteiger partial charge in [0.2, 0.25) is 0 Å². The minimum atomic E-state index is -1.13. The molecule has 9 nitrogen and oxygen atoms in total. The van der Waals surface area contributed by atoms with Crippen molar-refractivity contribution in [1.82, 2.24) is 9.99 Å². The maximum absolute atomic E-state index is 14.5. The summed E-state index contributed by atoms with van der Waals surface area (Å²) in [6.07, 6.45) is 2.69. The molecule has 252 valence electrons. The second kappa shape index (κ2) is 13.2. The number of hydrogen-bond donors (Lipinski definition) is 0. The van der Waals surface area contributed by atoms with Crippen LogP contribution in [0.15, 0.2) is 109 Å². The first-order chi connectivity index (χ1) is 24.4. The minimum absolute atomic E-state index is 0.238. The Labute approximate surface area is 292 Å². The Morgan fingerprint density at radius 2 is 1.48 bits per heavy atom. The van der Waals surface area contributed by atoms with Crippen LogP contribution in [0, 0.1) is 0 Å². The molecule has 1 amide bonds. The number of carbonyl (C=O) groups excluding carboxylic acids is 2. The molecule has 0 unspecified atom stereocenters. The van der Waals surface area contributed by atoms with Gasteiger partial charge in [-0.1, -0.05) is 55.1 Å². The van der Waals surface area contributed by atoms with Gasteiger partial charge in [0.05, 0.1) is 11.9 Å². The summed E-state index contributed by atoms with van der Waals surface area (Å²) in [5, 5.41) is 7.31. The standard InChI is InChI=1S/C41H39N5O4/c1-6-38(47)50-35-17-13-14-27-18-19-28(43-39(27)35)26-42-46-40(48)31-15-11-12-16-32(31)41(46)33-22-20-29(44(7-2)8-3)24-36(33)49-37-25-30(21-23-34(37)41)45(9-4)10-5/h6,11-26H,1,7-10H2,2-5H3/b42-26+. The van der Waals surface area contributed by atoms with Gasteiger partial charge in [0.15, 0.2) is 5.75 Å². The van der Waals surface area contributed by atoms with E-state index in [9.17, 15) is 9.59 Å². The molecule has 0 N–H and O–H groups in total. The number of aromatic nitrogens is 1. The molecule has 9 heteroatoms. The number of anilines is 2. The zero-order chi connectivity index (χ0) is 35.0. The van der Waals surface area contributed by atoms with Crippen molar-refractivity contribution >= 4 is 40.4 Å². The number of para-hydroxylation sites is 1. The van der Waals surface area contributed by atoms with Gasteiger partial charge in [0.25, 0.3) is 5.91 Å². The topological polar surface area (TPSA) is 87.6 Å². The lowest BCUT2D eigenvalue weighted by atomic mass is 9.75. The second-order valence-corrected chi connectivity index (χ2v) is 12.1. The smallest absolute Gasteiger partial charge is 0.335 e. The van der Waals surface area contributed by atoms with E-state index in [-0.39, 0.29) is 5.91 Å². The summed E-state index contributed by atoms with van der Waals surface area (Å²) in [6, 6.07) is 29.2. The number of hydrogen-bond acceptors (Lipinski definition) is 8. The highest BCUT2D eigenvalue weighted by molar-refractivity contribution is 6.03. The Kier molecular flexibility index (Phi) is 8.57. The summed E-state index contributed by atoms with van der Waals surface area (Å²) in [6.45, 7) is 15.4. The number of benzene rings is 4. The Balaban J connectivity index is 1.44. The Bertz CT molecular complexity index is 2110. The molecule has 0 aliphatic carbocycles. The monoisotopic (exact) mass is 665 g/mol. The van der Waals surface area contributed by atoms with Gasteiger partial charge in [-0.15, -0.1) is 0 Å². The molecular formula is C41H39N5O4. The van der Waals surface area contributed by atoms with Crippen LogP contribution in [-0.2, 0) is 10.3 Å². The number of carbonyl (C=O) groups is 2. The zero-order valence-corrected chi connectivity index (χ0v) is 28.7. The van der Waals surface area contributed by atoms with Crippen LogP contribution in [0.4, 0.5) is 11.4 Å². The molecule has 2 aliphatic rings. The third-order valence-electron chi connectivity index (χ3n) is 9.63. The highest BCUT2D eigenvalue weighted by Crippen LogP contribution is 2.58. The Hall–Kier alpha value is -5.96. The van der Waals surface area contributed by atoms with E-state index in [0.29, 0.717) is 34.0 Å². The molecule has 7 rings (SSSR count). The Morgan fingerprint density at radius 1 is 0.840 bits per heavy atom. The van der Waals surface area contributed by atoms with E-state index < -0.39 is 11.5 Å². The van der Waals surface area contributed by atoms with Crippen LogP contribution in [0.3, 0.4) is 0 Å². The Morgan fingerprint density at radius 3 is 2.10 bits per heavy atom. The number of nitrogens with zero attached hydrogens (tertiary/aromatic N) is 5. The van der Waals surface area contributed by atoms with Crippen LogP contribution in [0.2, 0.25) is 0 Å². The molecule has 0 bridgehead atoms. The van der Waals surface area contributed by atoms with Gasteiger partial charge >= 0.3 is 5.97 Å². The maximum atomic E-state index is 14.5. The van der Waals surface area contributed by atoms with Gasteiger partial charge in [-0.05, 0) is 58.0 Å². The molecule has 1 spiro atoms. The van der Waals surface area contributed by atoms with Crippen molar-refractivity contribution in [2.45, 2.75) is 33.2 Å². The third-order valence-corrected chi connectivity index (χ3v) is 9.63. The van der Waals surface area contributed by atoms with Crippen LogP contribution >= 0.6 is 0 Å². The zero-order valence-electron chi connectivity index (χ0n) is 28.7. The number of rotatable bonds is 10. The summed E-state index contributed by atoms with van der Waals surface area (Å²) in [4.78, 5) is 35.9. The van der Waals surface area contributed by atoms with Gasteiger partial charge < -0.3 is 19.3 Å². The van der Waals surface area contributed by atoms with Crippen LogP contribution in [-0.4, -0.2) is 54.3 Å². The molecule has 1 aromatic heterocycles. The first kappa shape index (κ1) is 32.6. The predicted octanol–water partition coefficient (Wildman–Crippen LogP) is 7.91. The van der Waals surface area contributed by atoms with E-state index in [0.717, 1.165) is 65.7 Å². The third kappa shape index (κ3) is 5.17. The van der Waals surface area contributed by atoms with Gasteiger partial charge in [0.1, 0.15) is 22.6 Å². The summed E-state index contributed by atoms with van der Waals surface area (Å²) >= 11 is 0. The maximum Gasteiger partial charge on any atom is 0.335 e. The second-order valence-electron chi connectivity index (χ2n) is 12.1.